The first-order valence-corrected chi connectivity index (χ1v) is 8.77. The van der Waals surface area contributed by atoms with E-state index in [0.717, 1.165) is 45.1 Å². The molecule has 4 nitrogen and oxygen atoms in total. The van der Waals surface area contributed by atoms with Gasteiger partial charge in [0.15, 0.2) is 0 Å². The molecule has 2 aliphatic rings. The average molecular weight is 296 g/mol. The molecule has 4 heteroatoms. The summed E-state index contributed by atoms with van der Waals surface area (Å²) in [7, 11) is 0. The molecule has 122 valence electrons. The fourth-order valence-electron chi connectivity index (χ4n) is 3.91. The Kier molecular flexibility index (Phi) is 6.06. The number of nitrogens with one attached hydrogen (secondary N) is 1. The summed E-state index contributed by atoms with van der Waals surface area (Å²) >= 11 is 0. The van der Waals surface area contributed by atoms with E-state index in [0.29, 0.717) is 12.3 Å². The van der Waals surface area contributed by atoms with Crippen molar-refractivity contribution in [1.29, 1.82) is 0 Å². The fourth-order valence-corrected chi connectivity index (χ4v) is 3.91. The largest absolute Gasteiger partial charge is 0.375 e. The summed E-state index contributed by atoms with van der Waals surface area (Å²) in [5.41, 5.74) is 6.12. The second-order valence-electron chi connectivity index (χ2n) is 6.91. The van der Waals surface area contributed by atoms with Gasteiger partial charge in [0.1, 0.15) is 0 Å². The number of nitrogens with two attached hydrogens (primary N) is 1. The van der Waals surface area contributed by atoms with Crippen molar-refractivity contribution < 1.29 is 9.53 Å². The lowest BCUT2D eigenvalue weighted by molar-refractivity contribution is -0.127. The van der Waals surface area contributed by atoms with Crippen molar-refractivity contribution in [3.05, 3.63) is 0 Å². The van der Waals surface area contributed by atoms with Crippen LogP contribution in [0.15, 0.2) is 0 Å². The van der Waals surface area contributed by atoms with Gasteiger partial charge in [-0.15, -0.1) is 0 Å². The van der Waals surface area contributed by atoms with Crippen LogP contribution in [0.4, 0.5) is 0 Å². The molecule has 2 fully saturated rings. The first-order chi connectivity index (χ1) is 10.1. The Morgan fingerprint density at radius 1 is 1.24 bits per heavy atom. The fraction of sp³-hybridized carbons (Fsp3) is 0.941. The average Bonchev–Trinajstić information content (AvgIpc) is 2.49. The van der Waals surface area contributed by atoms with E-state index in [4.69, 9.17) is 10.5 Å². The lowest BCUT2D eigenvalue weighted by Crippen LogP contribution is -2.49. The van der Waals surface area contributed by atoms with Crippen molar-refractivity contribution in [3.8, 4) is 0 Å². The summed E-state index contributed by atoms with van der Waals surface area (Å²) in [5.74, 6) is 0.561. The molecule has 0 aromatic rings. The molecule has 21 heavy (non-hydrogen) atoms. The zero-order valence-electron chi connectivity index (χ0n) is 13.7. The van der Waals surface area contributed by atoms with Gasteiger partial charge in [-0.25, -0.2) is 0 Å². The third-order valence-corrected chi connectivity index (χ3v) is 5.56. The van der Waals surface area contributed by atoms with E-state index in [1.54, 1.807) is 0 Å². The van der Waals surface area contributed by atoms with Crippen LogP contribution in [0, 0.1) is 5.92 Å². The highest BCUT2D eigenvalue weighted by atomic mass is 16.5. The van der Waals surface area contributed by atoms with Gasteiger partial charge in [0, 0.05) is 25.1 Å². The highest BCUT2D eigenvalue weighted by Gasteiger charge is 2.35. The van der Waals surface area contributed by atoms with Gasteiger partial charge in [-0.05, 0) is 44.4 Å². The van der Waals surface area contributed by atoms with Gasteiger partial charge in [0.2, 0.25) is 5.91 Å². The van der Waals surface area contributed by atoms with Gasteiger partial charge in [-0.1, -0.05) is 26.7 Å². The minimum atomic E-state index is -0.0303. The summed E-state index contributed by atoms with van der Waals surface area (Å²) in [4.78, 5) is 12.3. The molecule has 3 N–H and O–H groups in total. The Hall–Kier alpha value is -0.610. The Bertz CT molecular complexity index is 342. The van der Waals surface area contributed by atoms with Gasteiger partial charge < -0.3 is 15.8 Å². The SMILES string of the molecule is CCC1(CC)CC(NC(=O)CC2CCCCC2N)CCO1. The first kappa shape index (κ1) is 16.8. The van der Waals surface area contributed by atoms with Gasteiger partial charge in [0.05, 0.1) is 5.60 Å². The van der Waals surface area contributed by atoms with Crippen LogP contribution in [-0.2, 0) is 9.53 Å². The number of hydrogen-bond acceptors (Lipinski definition) is 3. The summed E-state index contributed by atoms with van der Waals surface area (Å²) in [6, 6.07) is 0.482. The van der Waals surface area contributed by atoms with E-state index >= 15 is 0 Å². The van der Waals surface area contributed by atoms with Crippen LogP contribution in [0.5, 0.6) is 0 Å². The van der Waals surface area contributed by atoms with Crippen LogP contribution in [0.3, 0.4) is 0 Å². The Balaban J connectivity index is 1.81. The van der Waals surface area contributed by atoms with Crippen LogP contribution >= 0.6 is 0 Å². The molecule has 3 unspecified atom stereocenters. The van der Waals surface area contributed by atoms with Crippen molar-refractivity contribution in [3.63, 3.8) is 0 Å². The number of carbonyl (C=O) groups excluding carboxylic acids is 1. The van der Waals surface area contributed by atoms with Crippen LogP contribution in [0.2, 0.25) is 0 Å². The lowest BCUT2D eigenvalue weighted by Gasteiger charge is -2.40. The maximum Gasteiger partial charge on any atom is 0.220 e. The summed E-state index contributed by atoms with van der Waals surface area (Å²) in [6.45, 7) is 5.11. The highest BCUT2D eigenvalue weighted by molar-refractivity contribution is 5.76. The molecule has 0 radical (unpaired) electrons. The smallest absolute Gasteiger partial charge is 0.220 e. The molecule has 1 saturated carbocycles. The van der Waals surface area contributed by atoms with Crippen molar-refractivity contribution in [1.82, 2.24) is 5.32 Å². The molecule has 1 amide bonds. The molecule has 1 aliphatic heterocycles. The number of hydrogen-bond donors (Lipinski definition) is 2. The second kappa shape index (κ2) is 7.59. The lowest BCUT2D eigenvalue weighted by atomic mass is 9.82. The topological polar surface area (TPSA) is 64.4 Å². The van der Waals surface area contributed by atoms with Crippen molar-refractivity contribution in [2.75, 3.05) is 6.61 Å². The van der Waals surface area contributed by atoms with E-state index < -0.39 is 0 Å². The summed E-state index contributed by atoms with van der Waals surface area (Å²) in [6.07, 6.45) is 9.13. The molecule has 1 heterocycles. The van der Waals surface area contributed by atoms with E-state index in [-0.39, 0.29) is 23.6 Å². The zero-order chi connectivity index (χ0) is 15.3. The molecule has 0 bridgehead atoms. The molecule has 1 saturated heterocycles. The quantitative estimate of drug-likeness (QED) is 0.820. The summed E-state index contributed by atoms with van der Waals surface area (Å²) in [5, 5.41) is 3.24. The Labute approximate surface area is 129 Å². The number of amides is 1. The predicted octanol–water partition coefficient (Wildman–Crippen LogP) is 2.75. The molecule has 0 aromatic heterocycles. The Morgan fingerprint density at radius 2 is 1.95 bits per heavy atom. The van der Waals surface area contributed by atoms with Crippen molar-refractivity contribution in [2.45, 2.75) is 89.3 Å². The normalized spacial score (nSPS) is 32.6. The van der Waals surface area contributed by atoms with Crippen LogP contribution in [-0.4, -0.2) is 30.2 Å². The van der Waals surface area contributed by atoms with E-state index in [1.807, 2.05) is 0 Å². The minimum Gasteiger partial charge on any atom is -0.375 e. The third kappa shape index (κ3) is 4.43. The molecular weight excluding hydrogens is 264 g/mol. The van der Waals surface area contributed by atoms with Gasteiger partial charge in [-0.3, -0.25) is 4.79 Å². The standard InChI is InChI=1S/C17H32N2O2/c1-3-17(4-2)12-14(9-10-21-17)19-16(20)11-13-7-5-6-8-15(13)18/h13-15H,3-12,18H2,1-2H3,(H,19,20). The van der Waals surface area contributed by atoms with Crippen LogP contribution in [0.1, 0.15) is 71.6 Å². The summed E-state index contributed by atoms with van der Waals surface area (Å²) < 4.78 is 5.97. The molecule has 2 rings (SSSR count). The zero-order valence-corrected chi connectivity index (χ0v) is 13.7. The van der Waals surface area contributed by atoms with E-state index in [9.17, 15) is 4.79 Å². The number of ether oxygens (including phenoxy) is 1. The van der Waals surface area contributed by atoms with Gasteiger partial charge in [0.25, 0.3) is 0 Å². The van der Waals surface area contributed by atoms with Crippen molar-refractivity contribution >= 4 is 5.91 Å². The van der Waals surface area contributed by atoms with Crippen LogP contribution in [0.25, 0.3) is 0 Å². The van der Waals surface area contributed by atoms with E-state index in [2.05, 4.69) is 19.2 Å². The third-order valence-electron chi connectivity index (χ3n) is 5.56. The highest BCUT2D eigenvalue weighted by Crippen LogP contribution is 2.32. The van der Waals surface area contributed by atoms with Gasteiger partial charge in [-0.2, -0.15) is 0 Å². The maximum absolute atomic E-state index is 12.3. The first-order valence-electron chi connectivity index (χ1n) is 8.77. The molecule has 0 spiro atoms. The molecule has 3 atom stereocenters. The maximum atomic E-state index is 12.3. The Morgan fingerprint density at radius 3 is 2.62 bits per heavy atom. The van der Waals surface area contributed by atoms with Crippen LogP contribution < -0.4 is 11.1 Å². The predicted molar refractivity (Wildman–Crippen MR) is 85.0 cm³/mol. The van der Waals surface area contributed by atoms with E-state index in [1.165, 1.54) is 12.8 Å². The number of carbonyl (C=O) groups is 1. The molecule has 0 aromatic carbocycles. The molecule has 1 aliphatic carbocycles. The van der Waals surface area contributed by atoms with Crippen molar-refractivity contribution in [2.24, 2.45) is 11.7 Å². The second-order valence-corrected chi connectivity index (χ2v) is 6.91. The molecular formula is C17H32N2O2. The number of rotatable bonds is 5. The monoisotopic (exact) mass is 296 g/mol. The van der Waals surface area contributed by atoms with Gasteiger partial charge >= 0.3 is 0 Å². The minimum absolute atomic E-state index is 0.0303.